The van der Waals surface area contributed by atoms with Crippen LogP contribution in [0, 0.1) is 13.8 Å². The molecule has 0 fully saturated rings. The van der Waals surface area contributed by atoms with Crippen LogP contribution < -0.4 is 9.50 Å². The second kappa shape index (κ2) is 10.2. The number of hydrogen-bond acceptors (Lipinski definition) is 6. The standard InChI is InChI=1S/C22H27NO6S/c1-5-6-17(4)23-21(24)14-28-22(25)18-9-11-19(12-10-18)29-30(26,27)20-13-15(2)7-8-16(20)3/h7-13,17H,5-6,14H2,1-4H3,(H,23,24)/t17-/m0/s1. The van der Waals surface area contributed by atoms with Crippen molar-refractivity contribution in [3.05, 3.63) is 59.2 Å². The van der Waals surface area contributed by atoms with Gasteiger partial charge in [0.25, 0.3) is 5.91 Å². The fourth-order valence-corrected chi connectivity index (χ4v) is 4.08. The Hall–Kier alpha value is -2.87. The molecule has 162 valence electrons. The van der Waals surface area contributed by atoms with E-state index in [1.54, 1.807) is 26.0 Å². The van der Waals surface area contributed by atoms with Gasteiger partial charge in [0.1, 0.15) is 10.6 Å². The van der Waals surface area contributed by atoms with E-state index in [2.05, 4.69) is 5.32 Å². The molecule has 2 aromatic carbocycles. The molecule has 1 atom stereocenters. The molecular formula is C22H27NO6S. The first-order valence-corrected chi connectivity index (χ1v) is 11.1. The average Bonchev–Trinajstić information content (AvgIpc) is 2.68. The third-order valence-electron chi connectivity index (χ3n) is 4.37. The molecule has 0 radical (unpaired) electrons. The number of esters is 1. The van der Waals surface area contributed by atoms with Crippen LogP contribution in [0.4, 0.5) is 0 Å². The van der Waals surface area contributed by atoms with Gasteiger partial charge in [0.2, 0.25) is 0 Å². The van der Waals surface area contributed by atoms with Crippen LogP contribution >= 0.6 is 0 Å². The zero-order chi connectivity index (χ0) is 22.3. The lowest BCUT2D eigenvalue weighted by atomic mass is 10.2. The van der Waals surface area contributed by atoms with E-state index in [0.717, 1.165) is 18.4 Å². The SMILES string of the molecule is CCC[C@H](C)NC(=O)COC(=O)c1ccc(OS(=O)(=O)c2cc(C)ccc2C)cc1. The average molecular weight is 434 g/mol. The maximum absolute atomic E-state index is 12.5. The molecule has 0 aliphatic carbocycles. The van der Waals surface area contributed by atoms with Gasteiger partial charge in [0.05, 0.1) is 5.56 Å². The molecule has 0 saturated carbocycles. The van der Waals surface area contributed by atoms with Crippen molar-refractivity contribution < 1.29 is 26.9 Å². The van der Waals surface area contributed by atoms with Crippen LogP contribution in [-0.4, -0.2) is 32.9 Å². The number of benzene rings is 2. The van der Waals surface area contributed by atoms with Gasteiger partial charge in [-0.25, -0.2) is 4.79 Å². The minimum atomic E-state index is -4.01. The topological polar surface area (TPSA) is 98.8 Å². The number of rotatable bonds is 9. The third kappa shape index (κ3) is 6.59. The highest BCUT2D eigenvalue weighted by Crippen LogP contribution is 2.23. The first-order chi connectivity index (χ1) is 14.1. The summed E-state index contributed by atoms with van der Waals surface area (Å²) in [6.07, 6.45) is 1.78. The molecule has 2 aromatic rings. The van der Waals surface area contributed by atoms with Crippen LogP contribution in [-0.2, 0) is 19.6 Å². The van der Waals surface area contributed by atoms with Crippen molar-refractivity contribution in [3.63, 3.8) is 0 Å². The van der Waals surface area contributed by atoms with Crippen molar-refractivity contribution in [1.29, 1.82) is 0 Å². The van der Waals surface area contributed by atoms with Crippen molar-refractivity contribution in [2.75, 3.05) is 6.61 Å². The Morgan fingerprint density at radius 2 is 1.73 bits per heavy atom. The predicted octanol–water partition coefficient (Wildman–Crippen LogP) is 3.53. The van der Waals surface area contributed by atoms with E-state index in [9.17, 15) is 18.0 Å². The summed E-state index contributed by atoms with van der Waals surface area (Å²) in [5, 5.41) is 2.74. The lowest BCUT2D eigenvalue weighted by Gasteiger charge is -2.13. The molecule has 0 aromatic heterocycles. The van der Waals surface area contributed by atoms with Gasteiger partial charge in [-0.2, -0.15) is 8.42 Å². The maximum Gasteiger partial charge on any atom is 0.339 e. The van der Waals surface area contributed by atoms with E-state index < -0.39 is 16.1 Å². The lowest BCUT2D eigenvalue weighted by molar-refractivity contribution is -0.124. The lowest BCUT2D eigenvalue weighted by Crippen LogP contribution is -2.35. The number of amides is 1. The van der Waals surface area contributed by atoms with Crippen LogP contribution in [0.1, 0.15) is 48.2 Å². The maximum atomic E-state index is 12.5. The van der Waals surface area contributed by atoms with Gasteiger partial charge in [-0.15, -0.1) is 0 Å². The highest BCUT2D eigenvalue weighted by Gasteiger charge is 2.20. The second-order valence-electron chi connectivity index (χ2n) is 7.16. The molecule has 0 aliphatic heterocycles. The van der Waals surface area contributed by atoms with E-state index in [1.165, 1.54) is 24.3 Å². The van der Waals surface area contributed by atoms with E-state index in [-0.39, 0.29) is 34.8 Å². The molecule has 7 nitrogen and oxygen atoms in total. The van der Waals surface area contributed by atoms with Crippen LogP contribution in [0.3, 0.4) is 0 Å². The van der Waals surface area contributed by atoms with Crippen molar-refractivity contribution in [3.8, 4) is 5.75 Å². The number of nitrogens with one attached hydrogen (secondary N) is 1. The number of aryl methyl sites for hydroxylation is 2. The monoisotopic (exact) mass is 433 g/mol. The van der Waals surface area contributed by atoms with E-state index in [1.807, 2.05) is 19.9 Å². The molecule has 0 bridgehead atoms. The van der Waals surface area contributed by atoms with Crippen LogP contribution in [0.5, 0.6) is 5.75 Å². The summed E-state index contributed by atoms with van der Waals surface area (Å²) in [7, 11) is -4.01. The minimum Gasteiger partial charge on any atom is -0.452 e. The first-order valence-electron chi connectivity index (χ1n) is 9.70. The molecule has 0 heterocycles. The van der Waals surface area contributed by atoms with Crippen LogP contribution in [0.15, 0.2) is 47.4 Å². The molecule has 0 unspecified atom stereocenters. The third-order valence-corrected chi connectivity index (χ3v) is 5.76. The Bertz CT molecular complexity index is 999. The number of hydrogen-bond donors (Lipinski definition) is 1. The molecule has 1 N–H and O–H groups in total. The smallest absolute Gasteiger partial charge is 0.339 e. The summed E-state index contributed by atoms with van der Waals surface area (Å²) < 4.78 is 35.3. The van der Waals surface area contributed by atoms with E-state index >= 15 is 0 Å². The number of carbonyl (C=O) groups is 2. The van der Waals surface area contributed by atoms with Crippen LogP contribution in [0.25, 0.3) is 0 Å². The van der Waals surface area contributed by atoms with E-state index in [0.29, 0.717) is 5.56 Å². The molecule has 1 amide bonds. The van der Waals surface area contributed by atoms with Crippen molar-refractivity contribution in [2.45, 2.75) is 51.5 Å². The highest BCUT2D eigenvalue weighted by atomic mass is 32.2. The molecule has 0 saturated heterocycles. The normalized spacial score (nSPS) is 12.1. The van der Waals surface area contributed by atoms with Crippen molar-refractivity contribution in [2.24, 2.45) is 0 Å². The number of carbonyl (C=O) groups excluding carboxylic acids is 2. The van der Waals surface area contributed by atoms with Gasteiger partial charge in [-0.05, 0) is 68.7 Å². The van der Waals surface area contributed by atoms with Gasteiger partial charge < -0.3 is 14.2 Å². The Balaban J connectivity index is 1.98. The predicted molar refractivity (Wildman–Crippen MR) is 113 cm³/mol. The molecule has 8 heteroatoms. The minimum absolute atomic E-state index is 0.0108. The summed E-state index contributed by atoms with van der Waals surface area (Å²) in [6.45, 7) is 7.00. The Morgan fingerprint density at radius 3 is 2.37 bits per heavy atom. The quantitative estimate of drug-likeness (QED) is 0.480. The summed E-state index contributed by atoms with van der Waals surface area (Å²) in [6, 6.07) is 10.6. The molecule has 0 spiro atoms. The van der Waals surface area contributed by atoms with Gasteiger partial charge in [0, 0.05) is 6.04 Å². The molecule has 0 aliphatic rings. The summed E-state index contributed by atoms with van der Waals surface area (Å²) >= 11 is 0. The molecular weight excluding hydrogens is 406 g/mol. The van der Waals surface area contributed by atoms with Crippen LogP contribution in [0.2, 0.25) is 0 Å². The van der Waals surface area contributed by atoms with Crippen molar-refractivity contribution >= 4 is 22.0 Å². The fourth-order valence-electron chi connectivity index (χ4n) is 2.83. The molecule has 30 heavy (non-hydrogen) atoms. The Morgan fingerprint density at radius 1 is 1.07 bits per heavy atom. The zero-order valence-electron chi connectivity index (χ0n) is 17.6. The Labute approximate surface area is 177 Å². The first kappa shape index (κ1) is 23.4. The summed E-state index contributed by atoms with van der Waals surface area (Å²) in [5.41, 5.74) is 1.56. The second-order valence-corrected chi connectivity index (χ2v) is 8.68. The molecule has 2 rings (SSSR count). The van der Waals surface area contributed by atoms with E-state index in [4.69, 9.17) is 8.92 Å². The zero-order valence-corrected chi connectivity index (χ0v) is 18.4. The summed E-state index contributed by atoms with van der Waals surface area (Å²) in [5.74, 6) is -0.986. The highest BCUT2D eigenvalue weighted by molar-refractivity contribution is 7.87. The van der Waals surface area contributed by atoms with Gasteiger partial charge >= 0.3 is 16.1 Å². The van der Waals surface area contributed by atoms with Gasteiger partial charge in [0.15, 0.2) is 6.61 Å². The van der Waals surface area contributed by atoms with Gasteiger partial charge in [-0.3, -0.25) is 4.79 Å². The summed E-state index contributed by atoms with van der Waals surface area (Å²) in [4.78, 5) is 24.0. The fraction of sp³-hybridized carbons (Fsp3) is 0.364. The number of ether oxygens (including phenoxy) is 1. The van der Waals surface area contributed by atoms with Crippen molar-refractivity contribution in [1.82, 2.24) is 5.32 Å². The van der Waals surface area contributed by atoms with Gasteiger partial charge in [-0.1, -0.05) is 25.5 Å². The Kier molecular flexibility index (Phi) is 8.00. The largest absolute Gasteiger partial charge is 0.452 e.